The van der Waals surface area contributed by atoms with Crippen LogP contribution in [-0.2, 0) is 9.05 Å². The SMILES string of the molecule is CC(C)N(C(C)C)P(OCCC#N)OC1[C@H]2CCC[C@H]2SS[C@H]2CCC[C@@H]12. The van der Waals surface area contributed by atoms with E-state index in [0.717, 1.165) is 10.5 Å². The lowest BCUT2D eigenvalue weighted by atomic mass is 9.88. The normalized spacial score (nSPS) is 34.5. The van der Waals surface area contributed by atoms with E-state index in [1.54, 1.807) is 0 Å². The molecular formula is C20H35N2O2PS2. The van der Waals surface area contributed by atoms with Gasteiger partial charge in [-0.3, -0.25) is 0 Å². The quantitative estimate of drug-likeness (QED) is 0.253. The molecule has 6 atom stereocenters. The van der Waals surface area contributed by atoms with Crippen molar-refractivity contribution in [2.24, 2.45) is 11.8 Å². The Labute approximate surface area is 174 Å². The van der Waals surface area contributed by atoms with Crippen LogP contribution in [0, 0.1) is 23.2 Å². The minimum Gasteiger partial charge on any atom is -0.321 e. The van der Waals surface area contributed by atoms with Crippen molar-refractivity contribution in [1.29, 1.82) is 5.26 Å². The van der Waals surface area contributed by atoms with Crippen LogP contribution in [0.5, 0.6) is 0 Å². The molecular weight excluding hydrogens is 395 g/mol. The van der Waals surface area contributed by atoms with Crippen LogP contribution in [0.2, 0.25) is 0 Å². The molecule has 0 aromatic carbocycles. The van der Waals surface area contributed by atoms with Gasteiger partial charge >= 0.3 is 0 Å². The molecule has 2 aliphatic carbocycles. The van der Waals surface area contributed by atoms with E-state index in [0.29, 0.717) is 43.1 Å². The highest BCUT2D eigenvalue weighted by molar-refractivity contribution is 8.77. The van der Waals surface area contributed by atoms with Crippen LogP contribution < -0.4 is 0 Å². The lowest BCUT2D eigenvalue weighted by Crippen LogP contribution is -2.39. The lowest BCUT2D eigenvalue weighted by Gasteiger charge is -2.40. The fraction of sp³-hybridized carbons (Fsp3) is 0.950. The molecule has 4 nitrogen and oxygen atoms in total. The van der Waals surface area contributed by atoms with Crippen molar-refractivity contribution in [2.75, 3.05) is 6.61 Å². The first-order valence-electron chi connectivity index (χ1n) is 10.6. The Balaban J connectivity index is 1.81. The second-order valence-corrected chi connectivity index (χ2v) is 12.7. The molecule has 1 heterocycles. The van der Waals surface area contributed by atoms with Crippen molar-refractivity contribution in [3.8, 4) is 6.07 Å². The van der Waals surface area contributed by atoms with E-state index in [2.05, 4.69) is 60.0 Å². The summed E-state index contributed by atoms with van der Waals surface area (Å²) in [7, 11) is 3.17. The van der Waals surface area contributed by atoms with Crippen molar-refractivity contribution >= 4 is 30.1 Å². The van der Waals surface area contributed by atoms with Crippen LogP contribution in [0.4, 0.5) is 0 Å². The van der Waals surface area contributed by atoms with Crippen LogP contribution >= 0.6 is 30.1 Å². The molecule has 2 saturated carbocycles. The topological polar surface area (TPSA) is 45.5 Å². The van der Waals surface area contributed by atoms with E-state index in [1.165, 1.54) is 38.5 Å². The molecule has 0 aromatic rings. The summed E-state index contributed by atoms with van der Waals surface area (Å²) in [5.41, 5.74) is 0. The second kappa shape index (κ2) is 10.5. The van der Waals surface area contributed by atoms with Gasteiger partial charge in [0.2, 0.25) is 0 Å². The zero-order valence-electron chi connectivity index (χ0n) is 17.2. The smallest absolute Gasteiger partial charge is 0.259 e. The predicted molar refractivity (Wildman–Crippen MR) is 118 cm³/mol. The molecule has 0 aromatic heterocycles. The van der Waals surface area contributed by atoms with Crippen LogP contribution in [0.3, 0.4) is 0 Å². The van der Waals surface area contributed by atoms with Crippen LogP contribution in [0.25, 0.3) is 0 Å². The molecule has 1 saturated heterocycles. The highest BCUT2D eigenvalue weighted by Gasteiger charge is 2.48. The van der Waals surface area contributed by atoms with E-state index < -0.39 is 8.53 Å². The van der Waals surface area contributed by atoms with E-state index in [-0.39, 0.29) is 0 Å². The molecule has 0 radical (unpaired) electrons. The van der Waals surface area contributed by atoms with Crippen molar-refractivity contribution in [3.05, 3.63) is 0 Å². The summed E-state index contributed by atoms with van der Waals surface area (Å²) in [6.45, 7) is 9.37. The maximum Gasteiger partial charge on any atom is 0.259 e. The Kier molecular flexibility index (Phi) is 8.63. The minimum atomic E-state index is -1.13. The number of hydrogen-bond donors (Lipinski definition) is 0. The van der Waals surface area contributed by atoms with E-state index >= 15 is 0 Å². The number of nitrogens with zero attached hydrogens (tertiary/aromatic N) is 2. The fourth-order valence-corrected chi connectivity index (χ4v) is 10.7. The van der Waals surface area contributed by atoms with Gasteiger partial charge in [-0.1, -0.05) is 34.4 Å². The van der Waals surface area contributed by atoms with Crippen molar-refractivity contribution in [2.45, 2.75) is 101 Å². The largest absolute Gasteiger partial charge is 0.321 e. The minimum absolute atomic E-state index is 0.320. The first-order valence-corrected chi connectivity index (χ1v) is 14.0. The summed E-state index contributed by atoms with van der Waals surface area (Å²) >= 11 is 0. The highest BCUT2D eigenvalue weighted by Crippen LogP contribution is 2.59. The lowest BCUT2D eigenvalue weighted by molar-refractivity contribution is 0.0578. The maximum atomic E-state index is 8.96. The van der Waals surface area contributed by atoms with Gasteiger partial charge in [-0.2, -0.15) is 5.26 Å². The Morgan fingerprint density at radius 1 is 1.00 bits per heavy atom. The zero-order valence-corrected chi connectivity index (χ0v) is 19.7. The summed E-state index contributed by atoms with van der Waals surface area (Å²) < 4.78 is 15.6. The average molecular weight is 431 g/mol. The third-order valence-corrected chi connectivity index (χ3v) is 11.7. The van der Waals surface area contributed by atoms with E-state index in [4.69, 9.17) is 14.3 Å². The van der Waals surface area contributed by atoms with Gasteiger partial charge in [0.25, 0.3) is 8.53 Å². The Bertz CT molecular complexity index is 487. The summed E-state index contributed by atoms with van der Waals surface area (Å²) in [6.07, 6.45) is 8.71. The molecule has 0 N–H and O–H groups in total. The fourth-order valence-electron chi connectivity index (χ4n) is 4.92. The third-order valence-electron chi connectivity index (χ3n) is 6.03. The molecule has 2 unspecified atom stereocenters. The van der Waals surface area contributed by atoms with Crippen LogP contribution in [0.15, 0.2) is 0 Å². The first kappa shape index (κ1) is 22.2. The molecule has 0 amide bonds. The van der Waals surface area contributed by atoms with E-state index in [1.807, 2.05) is 0 Å². The first-order chi connectivity index (χ1) is 13.0. The Hall–Kier alpha value is 0.500. The summed E-state index contributed by atoms with van der Waals surface area (Å²) in [5, 5.41) is 10.4. The van der Waals surface area contributed by atoms with Crippen molar-refractivity contribution in [3.63, 3.8) is 0 Å². The van der Waals surface area contributed by atoms with Gasteiger partial charge in [0.15, 0.2) is 0 Å². The third kappa shape index (κ3) is 5.36. The summed E-state index contributed by atoms with van der Waals surface area (Å²) in [4.78, 5) is 0. The molecule has 154 valence electrons. The second-order valence-electron chi connectivity index (χ2n) is 8.58. The van der Waals surface area contributed by atoms with Crippen molar-refractivity contribution < 1.29 is 9.05 Å². The number of rotatable bonds is 8. The van der Waals surface area contributed by atoms with Gasteiger partial charge in [0.1, 0.15) is 0 Å². The molecule has 0 spiro atoms. The zero-order chi connectivity index (χ0) is 19.4. The van der Waals surface area contributed by atoms with Gasteiger partial charge in [-0.25, -0.2) is 4.67 Å². The standard InChI is InChI=1S/C20H35N2O2PS2/c1-14(2)22(15(3)4)25(23-13-7-12-21)24-20-16-8-5-10-18(16)26-27-19-11-6-9-17(19)20/h14-20H,5-11,13H2,1-4H3/t16-,17+,18+,19-,20?,25?. The van der Waals surface area contributed by atoms with Crippen LogP contribution in [0.1, 0.15) is 72.6 Å². The number of hydrogen-bond acceptors (Lipinski definition) is 6. The van der Waals surface area contributed by atoms with Crippen LogP contribution in [-0.4, -0.2) is 40.0 Å². The summed E-state index contributed by atoms with van der Waals surface area (Å²) in [5.74, 6) is 1.34. The molecule has 27 heavy (non-hydrogen) atoms. The van der Waals surface area contributed by atoms with Gasteiger partial charge in [-0.15, -0.1) is 0 Å². The van der Waals surface area contributed by atoms with Gasteiger partial charge in [-0.05, 0) is 65.2 Å². The monoisotopic (exact) mass is 430 g/mol. The molecule has 3 rings (SSSR count). The van der Waals surface area contributed by atoms with Gasteiger partial charge in [0.05, 0.1) is 25.2 Å². The van der Waals surface area contributed by atoms with E-state index in [9.17, 15) is 0 Å². The number of nitriles is 1. The average Bonchev–Trinajstić information content (AvgIpc) is 3.24. The van der Waals surface area contributed by atoms with Gasteiger partial charge in [0, 0.05) is 22.6 Å². The Morgan fingerprint density at radius 3 is 2.04 bits per heavy atom. The van der Waals surface area contributed by atoms with Gasteiger partial charge < -0.3 is 9.05 Å². The molecule has 3 aliphatic rings. The molecule has 7 heteroatoms. The number of fused-ring (bicyclic) bond motifs is 2. The summed E-state index contributed by atoms with van der Waals surface area (Å²) in [6, 6.07) is 2.95. The van der Waals surface area contributed by atoms with Crippen molar-refractivity contribution in [1.82, 2.24) is 4.67 Å². The highest BCUT2D eigenvalue weighted by atomic mass is 33.1. The predicted octanol–water partition coefficient (Wildman–Crippen LogP) is 6.38. The molecule has 3 fully saturated rings. The Morgan fingerprint density at radius 2 is 1.56 bits per heavy atom. The molecule has 1 aliphatic heterocycles. The maximum absolute atomic E-state index is 8.96. The molecule has 0 bridgehead atoms.